The van der Waals surface area contributed by atoms with Crippen LogP contribution in [0.15, 0.2) is 29.6 Å². The Balaban J connectivity index is 1.61. The summed E-state index contributed by atoms with van der Waals surface area (Å²) in [6.07, 6.45) is 1.96. The summed E-state index contributed by atoms with van der Waals surface area (Å²) in [6.45, 7) is 8.61. The summed E-state index contributed by atoms with van der Waals surface area (Å²) in [5.74, 6) is 0.267. The standard InChI is InChI=1S/C24H30N4O4S/c1-6-7-10-32-21-9-8-18(12-22(21)31-5)24(30)27-26-23(29)13-28-15(2)11-19(16(28)3)20-14-33-17(4)25-20/h8-9,11-12,14H,6-7,10,13H2,1-5H3,(H,26,29)(H,27,30). The Morgan fingerprint density at radius 2 is 1.91 bits per heavy atom. The van der Waals surface area contributed by atoms with Crippen molar-refractivity contribution in [1.29, 1.82) is 0 Å². The minimum Gasteiger partial charge on any atom is -0.493 e. The first-order valence-corrected chi connectivity index (χ1v) is 11.7. The highest BCUT2D eigenvalue weighted by molar-refractivity contribution is 7.09. The van der Waals surface area contributed by atoms with E-state index in [-0.39, 0.29) is 12.5 Å². The van der Waals surface area contributed by atoms with Gasteiger partial charge in [-0.25, -0.2) is 4.98 Å². The summed E-state index contributed by atoms with van der Waals surface area (Å²) < 4.78 is 12.9. The summed E-state index contributed by atoms with van der Waals surface area (Å²) in [6, 6.07) is 6.93. The van der Waals surface area contributed by atoms with Crippen LogP contribution in [0.4, 0.5) is 0 Å². The van der Waals surface area contributed by atoms with Crippen LogP contribution < -0.4 is 20.3 Å². The number of amides is 2. The van der Waals surface area contributed by atoms with Gasteiger partial charge in [0.15, 0.2) is 11.5 Å². The Morgan fingerprint density at radius 1 is 1.12 bits per heavy atom. The molecule has 2 aromatic heterocycles. The average Bonchev–Trinajstić information content (AvgIpc) is 3.35. The Hall–Kier alpha value is -3.33. The second-order valence-corrected chi connectivity index (χ2v) is 8.75. The number of aromatic nitrogens is 2. The molecule has 3 aromatic rings. The molecule has 176 valence electrons. The van der Waals surface area contributed by atoms with Crippen molar-refractivity contribution in [3.05, 3.63) is 51.6 Å². The average molecular weight is 471 g/mol. The van der Waals surface area contributed by atoms with Crippen molar-refractivity contribution in [1.82, 2.24) is 20.4 Å². The molecule has 0 spiro atoms. The molecule has 0 saturated carbocycles. The van der Waals surface area contributed by atoms with Crippen molar-refractivity contribution < 1.29 is 19.1 Å². The smallest absolute Gasteiger partial charge is 0.269 e. The molecule has 0 unspecified atom stereocenters. The first-order valence-electron chi connectivity index (χ1n) is 10.8. The number of ether oxygens (including phenoxy) is 2. The van der Waals surface area contributed by atoms with E-state index in [9.17, 15) is 9.59 Å². The summed E-state index contributed by atoms with van der Waals surface area (Å²) >= 11 is 1.59. The van der Waals surface area contributed by atoms with Gasteiger partial charge in [-0.3, -0.25) is 20.4 Å². The largest absolute Gasteiger partial charge is 0.493 e. The van der Waals surface area contributed by atoms with E-state index in [1.54, 1.807) is 29.5 Å². The SMILES string of the molecule is CCCCOc1ccc(C(=O)NNC(=O)Cn2c(C)cc(-c3csc(C)n3)c2C)cc1OC. The number of hydrazine groups is 1. The Bertz CT molecular complexity index is 1140. The lowest BCUT2D eigenvalue weighted by Gasteiger charge is -2.13. The van der Waals surface area contributed by atoms with Crippen molar-refractivity contribution >= 4 is 23.2 Å². The number of nitrogens with zero attached hydrogens (tertiary/aromatic N) is 2. The lowest BCUT2D eigenvalue weighted by molar-refractivity contribution is -0.122. The molecule has 0 atom stereocenters. The molecule has 0 saturated heterocycles. The fourth-order valence-electron chi connectivity index (χ4n) is 3.43. The van der Waals surface area contributed by atoms with E-state index in [2.05, 4.69) is 22.8 Å². The van der Waals surface area contributed by atoms with Gasteiger partial charge in [0.25, 0.3) is 11.8 Å². The van der Waals surface area contributed by atoms with Crippen molar-refractivity contribution in [2.24, 2.45) is 0 Å². The Morgan fingerprint density at radius 3 is 2.58 bits per heavy atom. The van der Waals surface area contributed by atoms with Crippen molar-refractivity contribution in [3.63, 3.8) is 0 Å². The van der Waals surface area contributed by atoms with E-state index in [0.29, 0.717) is 23.7 Å². The molecular weight excluding hydrogens is 440 g/mol. The third-order valence-electron chi connectivity index (χ3n) is 5.27. The summed E-state index contributed by atoms with van der Waals surface area (Å²) in [7, 11) is 1.52. The van der Waals surface area contributed by atoms with E-state index in [4.69, 9.17) is 9.47 Å². The fraction of sp³-hybridized carbons (Fsp3) is 0.375. The van der Waals surface area contributed by atoms with Gasteiger partial charge in [0.2, 0.25) is 0 Å². The zero-order valence-corrected chi connectivity index (χ0v) is 20.5. The second-order valence-electron chi connectivity index (χ2n) is 7.69. The lowest BCUT2D eigenvalue weighted by Crippen LogP contribution is -2.43. The highest BCUT2D eigenvalue weighted by Gasteiger charge is 2.16. The molecule has 3 rings (SSSR count). The van der Waals surface area contributed by atoms with Crippen LogP contribution in [0.5, 0.6) is 11.5 Å². The van der Waals surface area contributed by atoms with Crippen LogP contribution >= 0.6 is 11.3 Å². The number of aryl methyl sites for hydroxylation is 2. The van der Waals surface area contributed by atoms with Crippen LogP contribution in [0.2, 0.25) is 0 Å². The number of methoxy groups -OCH3 is 1. The molecule has 0 radical (unpaired) electrons. The third-order valence-corrected chi connectivity index (χ3v) is 6.04. The molecular formula is C24H30N4O4S. The van der Waals surface area contributed by atoms with E-state index < -0.39 is 5.91 Å². The Labute approximate surface area is 197 Å². The van der Waals surface area contributed by atoms with Crippen LogP contribution in [0.25, 0.3) is 11.3 Å². The summed E-state index contributed by atoms with van der Waals surface area (Å²) in [4.78, 5) is 29.6. The first-order chi connectivity index (χ1) is 15.8. The maximum Gasteiger partial charge on any atom is 0.269 e. The van der Waals surface area contributed by atoms with Crippen LogP contribution in [0.1, 0.15) is 46.5 Å². The molecule has 9 heteroatoms. The number of unbranched alkanes of at least 4 members (excludes halogenated alkanes) is 1. The molecule has 2 heterocycles. The van der Waals surface area contributed by atoms with E-state index in [1.165, 1.54) is 7.11 Å². The van der Waals surface area contributed by atoms with E-state index in [0.717, 1.165) is 40.5 Å². The summed E-state index contributed by atoms with van der Waals surface area (Å²) in [5, 5.41) is 3.00. The van der Waals surface area contributed by atoms with Gasteiger partial charge in [-0.1, -0.05) is 13.3 Å². The van der Waals surface area contributed by atoms with Gasteiger partial charge in [-0.05, 0) is 51.5 Å². The number of benzene rings is 1. The predicted octanol–water partition coefficient (Wildman–Crippen LogP) is 4.19. The summed E-state index contributed by atoms with van der Waals surface area (Å²) in [5.41, 5.74) is 9.10. The molecule has 0 aliphatic carbocycles. The maximum absolute atomic E-state index is 12.5. The van der Waals surface area contributed by atoms with Crippen LogP contribution in [0, 0.1) is 20.8 Å². The molecule has 33 heavy (non-hydrogen) atoms. The molecule has 0 fully saturated rings. The van der Waals surface area contributed by atoms with Gasteiger partial charge in [-0.15, -0.1) is 11.3 Å². The van der Waals surface area contributed by atoms with Crippen LogP contribution in [0.3, 0.4) is 0 Å². The van der Waals surface area contributed by atoms with Gasteiger partial charge in [0.05, 0.1) is 24.4 Å². The van der Waals surface area contributed by atoms with Crippen LogP contribution in [-0.4, -0.2) is 35.1 Å². The minimum absolute atomic E-state index is 0.0780. The number of hydrogen-bond acceptors (Lipinski definition) is 6. The monoisotopic (exact) mass is 470 g/mol. The van der Waals surface area contributed by atoms with Gasteiger partial charge < -0.3 is 14.0 Å². The minimum atomic E-state index is -0.443. The maximum atomic E-state index is 12.5. The number of carbonyl (C=O) groups is 2. The third kappa shape index (κ3) is 5.92. The molecule has 1 aromatic carbocycles. The number of carbonyl (C=O) groups excluding carboxylic acids is 2. The zero-order valence-electron chi connectivity index (χ0n) is 19.7. The quantitative estimate of drug-likeness (QED) is 0.361. The second kappa shape index (κ2) is 11.0. The predicted molar refractivity (Wildman–Crippen MR) is 129 cm³/mol. The number of hydrogen-bond donors (Lipinski definition) is 2. The lowest BCUT2D eigenvalue weighted by atomic mass is 10.2. The van der Waals surface area contributed by atoms with Crippen molar-refractivity contribution in [2.45, 2.75) is 47.1 Å². The molecule has 8 nitrogen and oxygen atoms in total. The Kier molecular flexibility index (Phi) is 8.11. The van der Waals surface area contributed by atoms with Crippen molar-refractivity contribution in [2.75, 3.05) is 13.7 Å². The molecule has 0 bridgehead atoms. The highest BCUT2D eigenvalue weighted by Crippen LogP contribution is 2.29. The normalized spacial score (nSPS) is 10.7. The zero-order chi connectivity index (χ0) is 24.0. The van der Waals surface area contributed by atoms with E-state index >= 15 is 0 Å². The topological polar surface area (TPSA) is 94.5 Å². The molecule has 0 aliphatic rings. The van der Waals surface area contributed by atoms with Gasteiger partial charge >= 0.3 is 0 Å². The molecule has 2 amide bonds. The van der Waals surface area contributed by atoms with Gasteiger partial charge in [0, 0.05) is 27.9 Å². The van der Waals surface area contributed by atoms with Gasteiger partial charge in [-0.2, -0.15) is 0 Å². The van der Waals surface area contributed by atoms with Gasteiger partial charge in [0.1, 0.15) is 6.54 Å². The number of thiazole rings is 1. The molecule has 0 aliphatic heterocycles. The molecule has 2 N–H and O–H groups in total. The number of nitrogens with one attached hydrogen (secondary N) is 2. The van der Waals surface area contributed by atoms with Crippen molar-refractivity contribution in [3.8, 4) is 22.8 Å². The van der Waals surface area contributed by atoms with Crippen LogP contribution in [-0.2, 0) is 11.3 Å². The highest BCUT2D eigenvalue weighted by atomic mass is 32.1. The van der Waals surface area contributed by atoms with E-state index in [1.807, 2.05) is 36.8 Å². The fourth-order valence-corrected chi connectivity index (χ4v) is 4.04. The number of rotatable bonds is 9. The first kappa shape index (κ1) is 24.3.